The predicted molar refractivity (Wildman–Crippen MR) is 104 cm³/mol. The first-order valence-corrected chi connectivity index (χ1v) is 8.91. The molecule has 0 atom stereocenters. The molecule has 0 aliphatic carbocycles. The first-order chi connectivity index (χ1) is 12.5. The number of methoxy groups -OCH3 is 2. The predicted octanol–water partition coefficient (Wildman–Crippen LogP) is 5.44. The summed E-state index contributed by atoms with van der Waals surface area (Å²) in [6.45, 7) is 2.64. The first-order valence-electron chi connectivity index (χ1n) is 8.15. The molecular formula is C19H21Cl2NO4. The van der Waals surface area contributed by atoms with Crippen LogP contribution in [0.25, 0.3) is 0 Å². The highest BCUT2D eigenvalue weighted by Gasteiger charge is 2.16. The van der Waals surface area contributed by atoms with Gasteiger partial charge in [-0.1, -0.05) is 36.5 Å². The summed E-state index contributed by atoms with van der Waals surface area (Å²) in [4.78, 5) is 12.6. The summed E-state index contributed by atoms with van der Waals surface area (Å²) in [5, 5.41) is 3.34. The van der Waals surface area contributed by atoms with Gasteiger partial charge in [-0.3, -0.25) is 4.79 Å². The van der Waals surface area contributed by atoms with Crippen LogP contribution in [0.3, 0.4) is 0 Å². The van der Waals surface area contributed by atoms with E-state index in [2.05, 4.69) is 12.2 Å². The smallest absolute Gasteiger partial charge is 0.255 e. The fraction of sp³-hybridized carbons (Fsp3) is 0.316. The van der Waals surface area contributed by atoms with Crippen molar-refractivity contribution in [3.05, 3.63) is 45.9 Å². The fourth-order valence-electron chi connectivity index (χ4n) is 2.27. The monoisotopic (exact) mass is 397 g/mol. The molecule has 0 saturated carbocycles. The number of carbonyl (C=O) groups is 1. The number of rotatable bonds is 8. The van der Waals surface area contributed by atoms with Crippen LogP contribution in [0, 0.1) is 0 Å². The molecule has 0 aromatic heterocycles. The summed E-state index contributed by atoms with van der Waals surface area (Å²) in [7, 11) is 3.02. The molecular weight excluding hydrogens is 377 g/mol. The molecule has 2 rings (SSSR count). The first kappa shape index (κ1) is 20.2. The van der Waals surface area contributed by atoms with E-state index in [9.17, 15) is 4.79 Å². The number of unbranched alkanes of at least 4 members (excludes halogenated alkanes) is 1. The number of anilines is 1. The summed E-state index contributed by atoms with van der Waals surface area (Å²) >= 11 is 12.2. The van der Waals surface area contributed by atoms with Gasteiger partial charge in [-0.15, -0.1) is 0 Å². The van der Waals surface area contributed by atoms with E-state index in [1.165, 1.54) is 19.2 Å². The zero-order valence-corrected chi connectivity index (χ0v) is 16.4. The van der Waals surface area contributed by atoms with Crippen molar-refractivity contribution in [2.75, 3.05) is 26.1 Å². The molecule has 2 aromatic rings. The van der Waals surface area contributed by atoms with Gasteiger partial charge < -0.3 is 19.5 Å². The van der Waals surface area contributed by atoms with Gasteiger partial charge in [-0.05, 0) is 30.7 Å². The van der Waals surface area contributed by atoms with E-state index in [1.54, 1.807) is 25.3 Å². The Bertz CT molecular complexity index is 757. The van der Waals surface area contributed by atoms with Gasteiger partial charge in [-0.25, -0.2) is 0 Å². The largest absolute Gasteiger partial charge is 0.497 e. The molecule has 0 saturated heterocycles. The molecule has 7 heteroatoms. The minimum Gasteiger partial charge on any atom is -0.497 e. The molecule has 0 spiro atoms. The van der Waals surface area contributed by atoms with E-state index in [0.29, 0.717) is 35.1 Å². The van der Waals surface area contributed by atoms with Crippen molar-refractivity contribution >= 4 is 34.8 Å². The Kier molecular flexibility index (Phi) is 7.42. The zero-order valence-electron chi connectivity index (χ0n) is 14.9. The maximum Gasteiger partial charge on any atom is 0.255 e. The topological polar surface area (TPSA) is 56.8 Å². The Hall–Kier alpha value is -2.11. The highest BCUT2D eigenvalue weighted by atomic mass is 35.5. The van der Waals surface area contributed by atoms with Crippen LogP contribution in [0.1, 0.15) is 30.1 Å². The van der Waals surface area contributed by atoms with E-state index in [0.717, 1.165) is 12.8 Å². The zero-order chi connectivity index (χ0) is 19.1. The molecule has 0 fully saturated rings. The summed E-state index contributed by atoms with van der Waals surface area (Å²) in [6, 6.07) is 8.24. The van der Waals surface area contributed by atoms with Crippen molar-refractivity contribution < 1.29 is 19.0 Å². The molecule has 140 valence electrons. The molecule has 0 aliphatic heterocycles. The Morgan fingerprint density at radius 1 is 1.08 bits per heavy atom. The molecule has 0 aliphatic rings. The third kappa shape index (κ3) is 4.96. The second-order valence-corrected chi connectivity index (χ2v) is 6.31. The molecule has 0 unspecified atom stereocenters. The number of halogens is 2. The second-order valence-electron chi connectivity index (χ2n) is 5.49. The highest BCUT2D eigenvalue weighted by molar-refractivity contribution is 6.37. The maximum atomic E-state index is 12.6. The lowest BCUT2D eigenvalue weighted by Crippen LogP contribution is -2.13. The van der Waals surface area contributed by atoms with E-state index in [1.807, 2.05) is 0 Å². The Morgan fingerprint density at radius 2 is 1.77 bits per heavy atom. The van der Waals surface area contributed by atoms with Gasteiger partial charge >= 0.3 is 0 Å². The Labute approximate surface area is 163 Å². The fourth-order valence-corrected chi connectivity index (χ4v) is 2.91. The lowest BCUT2D eigenvalue weighted by molar-refractivity contribution is 0.102. The molecule has 1 N–H and O–H groups in total. The number of ether oxygens (including phenoxy) is 3. The second kappa shape index (κ2) is 9.55. The summed E-state index contributed by atoms with van der Waals surface area (Å²) in [5.41, 5.74) is 0.816. The van der Waals surface area contributed by atoms with Crippen LogP contribution >= 0.6 is 23.2 Å². The van der Waals surface area contributed by atoms with Gasteiger partial charge in [-0.2, -0.15) is 0 Å². The molecule has 0 heterocycles. The number of carbonyl (C=O) groups excluding carboxylic acids is 1. The van der Waals surface area contributed by atoms with Crippen LogP contribution in [0.5, 0.6) is 17.2 Å². The SMILES string of the molecule is CCCCOc1ccc(OC)cc1NC(=O)c1cc(Cl)c(OC)c(Cl)c1. The highest BCUT2D eigenvalue weighted by Crippen LogP contribution is 2.35. The van der Waals surface area contributed by atoms with Gasteiger partial charge in [0.15, 0.2) is 5.75 Å². The van der Waals surface area contributed by atoms with Crippen molar-refractivity contribution in [3.8, 4) is 17.2 Å². The summed E-state index contributed by atoms with van der Waals surface area (Å²) in [6.07, 6.45) is 1.93. The van der Waals surface area contributed by atoms with E-state index < -0.39 is 0 Å². The molecule has 0 bridgehead atoms. The molecule has 5 nitrogen and oxygen atoms in total. The van der Waals surface area contributed by atoms with Crippen molar-refractivity contribution in [3.63, 3.8) is 0 Å². The maximum absolute atomic E-state index is 12.6. The van der Waals surface area contributed by atoms with Crippen LogP contribution in [-0.2, 0) is 0 Å². The van der Waals surface area contributed by atoms with Crippen LogP contribution in [0.2, 0.25) is 10.0 Å². The lowest BCUT2D eigenvalue weighted by Gasteiger charge is -2.14. The van der Waals surface area contributed by atoms with E-state index in [4.69, 9.17) is 37.4 Å². The van der Waals surface area contributed by atoms with Crippen molar-refractivity contribution in [1.29, 1.82) is 0 Å². The molecule has 1 amide bonds. The van der Waals surface area contributed by atoms with Gasteiger partial charge in [0.25, 0.3) is 5.91 Å². The van der Waals surface area contributed by atoms with E-state index in [-0.39, 0.29) is 16.0 Å². The number of amides is 1. The Balaban J connectivity index is 2.27. The quantitative estimate of drug-likeness (QED) is 0.602. The van der Waals surface area contributed by atoms with Crippen molar-refractivity contribution in [2.24, 2.45) is 0 Å². The summed E-state index contributed by atoms with van der Waals surface area (Å²) in [5.74, 6) is 1.13. The minimum absolute atomic E-state index is 0.259. The Morgan fingerprint density at radius 3 is 2.35 bits per heavy atom. The van der Waals surface area contributed by atoms with Gasteiger partial charge in [0, 0.05) is 11.6 Å². The van der Waals surface area contributed by atoms with Crippen LogP contribution < -0.4 is 19.5 Å². The number of hydrogen-bond acceptors (Lipinski definition) is 4. The lowest BCUT2D eigenvalue weighted by atomic mass is 10.2. The minimum atomic E-state index is -0.370. The van der Waals surface area contributed by atoms with Gasteiger partial charge in [0.2, 0.25) is 0 Å². The average molecular weight is 398 g/mol. The van der Waals surface area contributed by atoms with Crippen LogP contribution in [-0.4, -0.2) is 26.7 Å². The van der Waals surface area contributed by atoms with E-state index >= 15 is 0 Å². The third-order valence-electron chi connectivity index (χ3n) is 3.65. The molecule has 2 aromatic carbocycles. The van der Waals surface area contributed by atoms with Crippen molar-refractivity contribution in [1.82, 2.24) is 0 Å². The van der Waals surface area contributed by atoms with Crippen LogP contribution in [0.4, 0.5) is 5.69 Å². The molecule has 0 radical (unpaired) electrons. The third-order valence-corrected chi connectivity index (χ3v) is 4.22. The van der Waals surface area contributed by atoms with Crippen molar-refractivity contribution in [2.45, 2.75) is 19.8 Å². The average Bonchev–Trinajstić information content (AvgIpc) is 2.62. The number of hydrogen-bond donors (Lipinski definition) is 1. The van der Waals surface area contributed by atoms with Gasteiger partial charge in [0.05, 0.1) is 36.6 Å². The number of nitrogens with one attached hydrogen (secondary N) is 1. The van der Waals surface area contributed by atoms with Gasteiger partial charge in [0.1, 0.15) is 11.5 Å². The van der Waals surface area contributed by atoms with Crippen LogP contribution in [0.15, 0.2) is 30.3 Å². The molecule has 26 heavy (non-hydrogen) atoms. The normalized spacial score (nSPS) is 10.3. The summed E-state index contributed by atoms with van der Waals surface area (Å²) < 4.78 is 16.1. The number of benzene rings is 2. The standard InChI is InChI=1S/C19H21Cl2NO4/c1-4-5-8-26-17-7-6-13(24-2)11-16(17)22-19(23)12-9-14(20)18(25-3)15(21)10-12/h6-7,9-11H,4-5,8H2,1-3H3,(H,22,23).